The van der Waals surface area contributed by atoms with Crippen LogP contribution < -0.4 is 5.32 Å². The molecule has 2 N–H and O–H groups in total. The van der Waals surface area contributed by atoms with Crippen LogP contribution in [0, 0.1) is 0 Å². The standard InChI is InChI=1S/C14H21NO5S/c1-13(2,3)20-12(17)15-14(4,10-16)21(18,19)11-8-6-5-7-9-11/h5-9,16H,10H2,1-4H3,(H,15,17)/t14-/m1/s1. The predicted octanol–water partition coefficient (Wildman–Crippen LogP) is 1.69. The molecule has 0 heterocycles. The van der Waals surface area contributed by atoms with Crippen LogP contribution in [0.4, 0.5) is 4.79 Å². The lowest BCUT2D eigenvalue weighted by atomic mass is 10.2. The van der Waals surface area contributed by atoms with E-state index in [9.17, 15) is 18.3 Å². The molecule has 0 fully saturated rings. The summed E-state index contributed by atoms with van der Waals surface area (Å²) in [5, 5.41) is 11.7. The summed E-state index contributed by atoms with van der Waals surface area (Å²) in [6.07, 6.45) is -0.904. The minimum Gasteiger partial charge on any atom is -0.444 e. The average molecular weight is 315 g/mol. The first-order valence-electron chi connectivity index (χ1n) is 6.43. The van der Waals surface area contributed by atoms with Crippen LogP contribution in [0.1, 0.15) is 27.7 Å². The second-order valence-electron chi connectivity index (χ2n) is 5.83. The normalized spacial score (nSPS) is 15.1. The zero-order valence-corrected chi connectivity index (χ0v) is 13.4. The predicted molar refractivity (Wildman–Crippen MR) is 78.5 cm³/mol. The quantitative estimate of drug-likeness (QED) is 0.882. The fourth-order valence-corrected chi connectivity index (χ4v) is 2.99. The van der Waals surface area contributed by atoms with Crippen LogP contribution in [0.5, 0.6) is 0 Å². The number of hydrogen-bond donors (Lipinski definition) is 2. The first-order chi connectivity index (χ1) is 9.52. The Hall–Kier alpha value is -1.60. The number of benzene rings is 1. The summed E-state index contributed by atoms with van der Waals surface area (Å²) in [7, 11) is -3.96. The summed E-state index contributed by atoms with van der Waals surface area (Å²) >= 11 is 0. The van der Waals surface area contributed by atoms with E-state index < -0.39 is 33.0 Å². The third-order valence-electron chi connectivity index (χ3n) is 2.71. The number of aliphatic hydroxyl groups excluding tert-OH is 1. The van der Waals surface area contributed by atoms with Gasteiger partial charge in [-0.05, 0) is 39.8 Å². The van der Waals surface area contributed by atoms with Gasteiger partial charge in [0.15, 0.2) is 4.87 Å². The van der Waals surface area contributed by atoms with Gasteiger partial charge in [0.25, 0.3) is 0 Å². The molecule has 1 atom stereocenters. The van der Waals surface area contributed by atoms with Crippen molar-refractivity contribution >= 4 is 15.9 Å². The Bertz CT molecular complexity index is 592. The zero-order chi connectivity index (χ0) is 16.3. The van der Waals surface area contributed by atoms with Crippen molar-refractivity contribution in [1.29, 1.82) is 0 Å². The molecule has 0 spiro atoms. The van der Waals surface area contributed by atoms with Gasteiger partial charge in [0.2, 0.25) is 9.84 Å². The molecule has 0 aliphatic carbocycles. The van der Waals surface area contributed by atoms with Crippen molar-refractivity contribution in [3.8, 4) is 0 Å². The van der Waals surface area contributed by atoms with Gasteiger partial charge in [0.1, 0.15) is 5.60 Å². The Balaban J connectivity index is 3.07. The van der Waals surface area contributed by atoms with Gasteiger partial charge in [-0.2, -0.15) is 0 Å². The zero-order valence-electron chi connectivity index (χ0n) is 12.6. The Morgan fingerprint density at radius 2 is 1.71 bits per heavy atom. The van der Waals surface area contributed by atoms with Crippen LogP contribution >= 0.6 is 0 Å². The van der Waals surface area contributed by atoms with Crippen molar-refractivity contribution in [2.45, 2.75) is 43.1 Å². The number of aliphatic hydroxyl groups is 1. The van der Waals surface area contributed by atoms with Crippen molar-refractivity contribution < 1.29 is 23.1 Å². The van der Waals surface area contributed by atoms with E-state index >= 15 is 0 Å². The summed E-state index contributed by atoms with van der Waals surface area (Å²) in [6, 6.07) is 7.62. The lowest BCUT2D eigenvalue weighted by Gasteiger charge is -2.30. The van der Waals surface area contributed by atoms with Crippen LogP contribution in [-0.2, 0) is 14.6 Å². The molecule has 1 rings (SSSR count). The molecule has 0 unspecified atom stereocenters. The van der Waals surface area contributed by atoms with Crippen molar-refractivity contribution in [2.24, 2.45) is 0 Å². The van der Waals surface area contributed by atoms with Crippen LogP contribution in [0.3, 0.4) is 0 Å². The van der Waals surface area contributed by atoms with E-state index in [4.69, 9.17) is 4.74 Å². The summed E-state index contributed by atoms with van der Waals surface area (Å²) in [4.78, 5) is 9.95. The maximum Gasteiger partial charge on any atom is 0.408 e. The minimum atomic E-state index is -3.96. The maximum atomic E-state index is 12.6. The SMILES string of the molecule is CC(C)(C)OC(=O)N[C@@](C)(CO)S(=O)(=O)c1ccccc1. The maximum absolute atomic E-state index is 12.6. The van der Waals surface area contributed by atoms with Crippen molar-refractivity contribution in [1.82, 2.24) is 5.32 Å². The molecule has 1 aromatic rings. The highest BCUT2D eigenvalue weighted by Crippen LogP contribution is 2.23. The van der Waals surface area contributed by atoms with Crippen molar-refractivity contribution in [2.75, 3.05) is 6.61 Å². The van der Waals surface area contributed by atoms with Crippen molar-refractivity contribution in [3.63, 3.8) is 0 Å². The summed E-state index contributed by atoms with van der Waals surface area (Å²) < 4.78 is 30.2. The number of sulfone groups is 1. The number of hydrogen-bond acceptors (Lipinski definition) is 5. The Labute approximate surface area is 125 Å². The topological polar surface area (TPSA) is 92.7 Å². The Morgan fingerprint density at radius 1 is 1.19 bits per heavy atom. The first kappa shape index (κ1) is 17.5. The van der Waals surface area contributed by atoms with E-state index in [-0.39, 0.29) is 4.90 Å². The minimum absolute atomic E-state index is 0.0117. The molecule has 21 heavy (non-hydrogen) atoms. The van der Waals surface area contributed by atoms with E-state index in [0.29, 0.717) is 0 Å². The smallest absolute Gasteiger partial charge is 0.408 e. The summed E-state index contributed by atoms with van der Waals surface area (Å²) in [6.45, 7) is 5.44. The molecule has 1 aromatic carbocycles. The highest BCUT2D eigenvalue weighted by molar-refractivity contribution is 7.92. The molecule has 1 amide bonds. The second kappa shape index (κ2) is 6.03. The average Bonchev–Trinajstić information content (AvgIpc) is 2.37. The van der Waals surface area contributed by atoms with Gasteiger partial charge in [-0.25, -0.2) is 13.2 Å². The lowest BCUT2D eigenvalue weighted by molar-refractivity contribution is 0.0468. The van der Waals surface area contributed by atoms with Crippen LogP contribution in [0.25, 0.3) is 0 Å². The number of nitrogens with one attached hydrogen (secondary N) is 1. The number of amides is 1. The molecule has 0 aromatic heterocycles. The number of alkyl carbamates (subject to hydrolysis) is 1. The lowest BCUT2D eigenvalue weighted by Crippen LogP contribution is -2.55. The fourth-order valence-electron chi connectivity index (χ4n) is 1.57. The van der Waals surface area contributed by atoms with Gasteiger partial charge >= 0.3 is 6.09 Å². The summed E-state index contributed by atoms with van der Waals surface area (Å²) in [5.74, 6) is 0. The van der Waals surface area contributed by atoms with Gasteiger partial charge in [-0.1, -0.05) is 18.2 Å². The molecular formula is C14H21NO5S. The number of carbonyl (C=O) groups is 1. The van der Waals surface area contributed by atoms with Crippen molar-refractivity contribution in [3.05, 3.63) is 30.3 Å². The number of carbonyl (C=O) groups excluding carboxylic acids is 1. The highest BCUT2D eigenvalue weighted by Gasteiger charge is 2.42. The van der Waals surface area contributed by atoms with Gasteiger partial charge in [0, 0.05) is 0 Å². The highest BCUT2D eigenvalue weighted by atomic mass is 32.2. The molecule has 0 bridgehead atoms. The van der Waals surface area contributed by atoms with Crippen LogP contribution in [-0.4, -0.2) is 36.7 Å². The van der Waals surface area contributed by atoms with E-state index in [1.165, 1.54) is 19.1 Å². The van der Waals surface area contributed by atoms with Crippen LogP contribution in [0.15, 0.2) is 35.2 Å². The third kappa shape index (κ3) is 4.18. The molecule has 118 valence electrons. The van der Waals surface area contributed by atoms with Crippen LogP contribution in [0.2, 0.25) is 0 Å². The van der Waals surface area contributed by atoms with E-state index in [1.807, 2.05) is 0 Å². The molecule has 0 aliphatic rings. The Morgan fingerprint density at radius 3 is 2.14 bits per heavy atom. The molecule has 0 saturated heterocycles. The number of rotatable bonds is 4. The first-order valence-corrected chi connectivity index (χ1v) is 7.92. The molecule has 0 saturated carbocycles. The van der Waals surface area contributed by atoms with Gasteiger partial charge < -0.3 is 9.84 Å². The molecule has 6 nitrogen and oxygen atoms in total. The molecular weight excluding hydrogens is 294 g/mol. The second-order valence-corrected chi connectivity index (χ2v) is 8.21. The fraction of sp³-hybridized carbons (Fsp3) is 0.500. The van der Waals surface area contributed by atoms with E-state index in [0.717, 1.165) is 0 Å². The van der Waals surface area contributed by atoms with Gasteiger partial charge in [0.05, 0.1) is 11.5 Å². The third-order valence-corrected chi connectivity index (χ3v) is 5.02. The number of ether oxygens (including phenoxy) is 1. The summed E-state index contributed by atoms with van der Waals surface area (Å²) in [5.41, 5.74) is -0.767. The Kier molecular flexibility index (Phi) is 5.01. The van der Waals surface area contributed by atoms with Gasteiger partial charge in [-0.15, -0.1) is 0 Å². The monoisotopic (exact) mass is 315 g/mol. The molecule has 0 aliphatic heterocycles. The molecule has 0 radical (unpaired) electrons. The molecule has 7 heteroatoms. The van der Waals surface area contributed by atoms with E-state index in [1.54, 1.807) is 39.0 Å². The van der Waals surface area contributed by atoms with Gasteiger partial charge in [-0.3, -0.25) is 5.32 Å². The largest absolute Gasteiger partial charge is 0.444 e. The van der Waals surface area contributed by atoms with E-state index in [2.05, 4.69) is 5.32 Å².